The molecule has 0 aromatic heterocycles. The summed E-state index contributed by atoms with van der Waals surface area (Å²) in [6, 6.07) is 1.46. The maximum absolute atomic E-state index is 13.0. The van der Waals surface area contributed by atoms with Crippen molar-refractivity contribution < 1.29 is 4.39 Å². The lowest BCUT2D eigenvalue weighted by Crippen LogP contribution is -2.00. The highest BCUT2D eigenvalue weighted by Gasteiger charge is 2.08. The van der Waals surface area contributed by atoms with E-state index in [0.29, 0.717) is 21.4 Å². The zero-order valence-corrected chi connectivity index (χ0v) is 7.57. The van der Waals surface area contributed by atoms with E-state index < -0.39 is 0 Å². The lowest BCUT2D eigenvalue weighted by molar-refractivity contribution is 0.613. The van der Waals surface area contributed by atoms with Crippen LogP contribution in [0.5, 0.6) is 0 Å². The number of rotatable bonds is 0. The summed E-state index contributed by atoms with van der Waals surface area (Å²) in [6.45, 7) is 1.59. The van der Waals surface area contributed by atoms with Gasteiger partial charge >= 0.3 is 0 Å². The number of nitrogens with two attached hydrogens (primary N) is 2. The Balaban J connectivity index is 3.46. The zero-order chi connectivity index (χ0) is 8.59. The van der Waals surface area contributed by atoms with Crippen LogP contribution in [0.2, 0.25) is 0 Å². The maximum atomic E-state index is 13.0. The third-order valence-electron chi connectivity index (χ3n) is 1.54. The van der Waals surface area contributed by atoms with Gasteiger partial charge in [-0.3, -0.25) is 0 Å². The van der Waals surface area contributed by atoms with Gasteiger partial charge in [-0.2, -0.15) is 0 Å². The van der Waals surface area contributed by atoms with Gasteiger partial charge in [0.2, 0.25) is 0 Å². The molecule has 1 rings (SSSR count). The van der Waals surface area contributed by atoms with Crippen LogP contribution in [0.3, 0.4) is 0 Å². The van der Waals surface area contributed by atoms with Gasteiger partial charge in [0.05, 0.1) is 15.8 Å². The zero-order valence-electron chi connectivity index (χ0n) is 5.99. The van der Waals surface area contributed by atoms with Crippen molar-refractivity contribution in [3.8, 4) is 0 Å². The summed E-state index contributed by atoms with van der Waals surface area (Å²) in [7, 11) is 0. The van der Waals surface area contributed by atoms with E-state index in [1.54, 1.807) is 6.92 Å². The van der Waals surface area contributed by atoms with E-state index in [0.717, 1.165) is 0 Å². The van der Waals surface area contributed by atoms with Crippen molar-refractivity contribution in [2.24, 2.45) is 0 Å². The summed E-state index contributed by atoms with van der Waals surface area (Å²) in [5, 5.41) is 0. The van der Waals surface area contributed by atoms with Crippen LogP contribution in [0, 0.1) is 12.7 Å². The summed E-state index contributed by atoms with van der Waals surface area (Å²) in [5.74, 6) is -0.350. The first kappa shape index (κ1) is 8.33. The summed E-state index contributed by atoms with van der Waals surface area (Å²) in [4.78, 5) is 0. The molecule has 0 radical (unpaired) electrons. The fraction of sp³-hybridized carbons (Fsp3) is 0.143. The minimum Gasteiger partial charge on any atom is -0.397 e. The molecule has 60 valence electrons. The van der Waals surface area contributed by atoms with Gasteiger partial charge in [-0.05, 0) is 28.9 Å². The Morgan fingerprint density at radius 3 is 2.55 bits per heavy atom. The van der Waals surface area contributed by atoms with Gasteiger partial charge in [0.1, 0.15) is 5.82 Å². The molecule has 4 heteroatoms. The highest BCUT2D eigenvalue weighted by atomic mass is 79.9. The molecular weight excluding hydrogens is 211 g/mol. The minimum atomic E-state index is -0.350. The molecule has 1 aromatic carbocycles. The largest absolute Gasteiger partial charge is 0.397 e. The Hall–Kier alpha value is -0.770. The molecular formula is C7H8BrFN2. The molecule has 0 aliphatic rings. The van der Waals surface area contributed by atoms with E-state index in [4.69, 9.17) is 11.5 Å². The Kier molecular flexibility index (Phi) is 2.04. The van der Waals surface area contributed by atoms with Crippen LogP contribution >= 0.6 is 15.9 Å². The number of benzene rings is 1. The third kappa shape index (κ3) is 1.30. The first-order valence-corrected chi connectivity index (χ1v) is 3.83. The molecule has 0 heterocycles. The fourth-order valence-corrected chi connectivity index (χ4v) is 1.34. The van der Waals surface area contributed by atoms with E-state index in [9.17, 15) is 4.39 Å². The molecule has 2 nitrogen and oxygen atoms in total. The second-order valence-electron chi connectivity index (χ2n) is 2.30. The van der Waals surface area contributed by atoms with E-state index >= 15 is 0 Å². The Bertz CT molecular complexity index is 273. The predicted octanol–water partition coefficient (Wildman–Crippen LogP) is 2.06. The topological polar surface area (TPSA) is 52.0 Å². The smallest absolute Gasteiger partial charge is 0.142 e. The molecule has 4 N–H and O–H groups in total. The molecule has 0 saturated heterocycles. The molecule has 11 heavy (non-hydrogen) atoms. The standard InChI is InChI=1S/C7H8BrFN2/c1-3-6(9)4(8)2-5(10)7(3)11/h2H,10-11H2,1H3. The number of hydrogen-bond acceptors (Lipinski definition) is 2. The first-order chi connectivity index (χ1) is 5.04. The Labute approximate surface area is 72.5 Å². The lowest BCUT2D eigenvalue weighted by Gasteiger charge is -2.06. The molecule has 0 amide bonds. The third-order valence-corrected chi connectivity index (χ3v) is 2.11. The van der Waals surface area contributed by atoms with E-state index in [-0.39, 0.29) is 5.82 Å². The van der Waals surface area contributed by atoms with Crippen molar-refractivity contribution in [2.75, 3.05) is 11.5 Å². The Morgan fingerprint density at radius 2 is 2.00 bits per heavy atom. The minimum absolute atomic E-state index is 0.311. The van der Waals surface area contributed by atoms with Gasteiger partial charge < -0.3 is 11.5 Å². The molecule has 0 aliphatic carbocycles. The van der Waals surface area contributed by atoms with Gasteiger partial charge in [0.25, 0.3) is 0 Å². The summed E-state index contributed by atoms with van der Waals surface area (Å²) >= 11 is 3.02. The van der Waals surface area contributed by atoms with Crippen molar-refractivity contribution in [3.63, 3.8) is 0 Å². The quantitative estimate of drug-likeness (QED) is 0.656. The van der Waals surface area contributed by atoms with Crippen molar-refractivity contribution >= 4 is 27.3 Å². The molecule has 0 atom stereocenters. The molecule has 0 bridgehead atoms. The average Bonchev–Trinajstić information content (AvgIpc) is 1.97. The van der Waals surface area contributed by atoms with Crippen LogP contribution in [0.1, 0.15) is 5.56 Å². The molecule has 1 aromatic rings. The monoisotopic (exact) mass is 218 g/mol. The van der Waals surface area contributed by atoms with Gasteiger partial charge in [-0.1, -0.05) is 0 Å². The summed E-state index contributed by atoms with van der Waals surface area (Å²) in [6.07, 6.45) is 0. The van der Waals surface area contributed by atoms with Gasteiger partial charge in [0.15, 0.2) is 0 Å². The van der Waals surface area contributed by atoms with E-state index in [1.807, 2.05) is 0 Å². The average molecular weight is 219 g/mol. The van der Waals surface area contributed by atoms with Crippen molar-refractivity contribution in [3.05, 3.63) is 21.9 Å². The van der Waals surface area contributed by atoms with Crippen LogP contribution in [0.4, 0.5) is 15.8 Å². The highest BCUT2D eigenvalue weighted by molar-refractivity contribution is 9.10. The van der Waals surface area contributed by atoms with Crippen molar-refractivity contribution in [1.29, 1.82) is 0 Å². The molecule has 0 aliphatic heterocycles. The number of hydrogen-bond donors (Lipinski definition) is 2. The van der Waals surface area contributed by atoms with Crippen molar-refractivity contribution in [1.82, 2.24) is 0 Å². The summed E-state index contributed by atoms with van der Waals surface area (Å²) < 4.78 is 13.3. The van der Waals surface area contributed by atoms with Gasteiger partial charge in [0, 0.05) is 5.56 Å². The van der Waals surface area contributed by atoms with Gasteiger partial charge in [-0.25, -0.2) is 4.39 Å². The number of halogens is 2. The predicted molar refractivity (Wildman–Crippen MR) is 47.7 cm³/mol. The second-order valence-corrected chi connectivity index (χ2v) is 3.15. The number of nitrogen functional groups attached to an aromatic ring is 2. The normalized spacial score (nSPS) is 10.1. The maximum Gasteiger partial charge on any atom is 0.142 e. The van der Waals surface area contributed by atoms with Crippen LogP contribution in [-0.4, -0.2) is 0 Å². The van der Waals surface area contributed by atoms with Gasteiger partial charge in [-0.15, -0.1) is 0 Å². The summed E-state index contributed by atoms with van der Waals surface area (Å²) in [5.41, 5.74) is 12.0. The Morgan fingerprint density at radius 1 is 1.45 bits per heavy atom. The van der Waals surface area contributed by atoms with E-state index in [2.05, 4.69) is 15.9 Å². The molecule has 0 saturated carbocycles. The van der Waals surface area contributed by atoms with Crippen LogP contribution in [0.25, 0.3) is 0 Å². The van der Waals surface area contributed by atoms with Crippen molar-refractivity contribution in [2.45, 2.75) is 6.92 Å². The first-order valence-electron chi connectivity index (χ1n) is 3.03. The SMILES string of the molecule is Cc1c(N)c(N)cc(Br)c1F. The van der Waals surface area contributed by atoms with Crippen LogP contribution in [0.15, 0.2) is 10.5 Å². The van der Waals surface area contributed by atoms with Crippen LogP contribution in [-0.2, 0) is 0 Å². The van der Waals surface area contributed by atoms with E-state index in [1.165, 1.54) is 6.07 Å². The lowest BCUT2D eigenvalue weighted by atomic mass is 10.1. The molecule has 0 spiro atoms. The fourth-order valence-electron chi connectivity index (χ4n) is 0.792. The molecule has 0 fully saturated rings. The molecule has 0 unspecified atom stereocenters. The highest BCUT2D eigenvalue weighted by Crippen LogP contribution is 2.28. The second kappa shape index (κ2) is 2.70. The van der Waals surface area contributed by atoms with Crippen LogP contribution < -0.4 is 11.5 Å². The number of anilines is 2.